The van der Waals surface area contributed by atoms with Gasteiger partial charge in [-0.05, 0) is 118 Å². The first-order valence-electron chi connectivity index (χ1n) is 27.1. The molecular formula is C56H80N10O10S2. The van der Waals surface area contributed by atoms with Gasteiger partial charge in [-0.3, -0.25) is 28.8 Å². The Morgan fingerprint density at radius 2 is 0.910 bits per heavy atom. The van der Waals surface area contributed by atoms with Gasteiger partial charge in [0.2, 0.25) is 55.5 Å². The topological polar surface area (TPSA) is 256 Å². The molecule has 6 amide bonds. The molecule has 0 aromatic heterocycles. The van der Waals surface area contributed by atoms with Crippen LogP contribution in [0.1, 0.15) is 115 Å². The second-order valence-electron chi connectivity index (χ2n) is 23.2. The number of hydrogen-bond donors (Lipinski definition) is 6. The third kappa shape index (κ3) is 13.1. The Morgan fingerprint density at radius 3 is 1.27 bits per heavy atom. The van der Waals surface area contributed by atoms with Gasteiger partial charge in [0, 0.05) is 39.3 Å². The van der Waals surface area contributed by atoms with Crippen LogP contribution < -0.4 is 31.9 Å². The number of nitrogens with one attached hydrogen (secondary N) is 6. The number of likely N-dealkylation sites (N-methyl/N-ethyl adjacent to an activating group) is 2. The average molecular weight is 1120 g/mol. The summed E-state index contributed by atoms with van der Waals surface area (Å²) in [7, 11) is -5.93. The van der Waals surface area contributed by atoms with Crippen LogP contribution in [0.4, 0.5) is 0 Å². The van der Waals surface area contributed by atoms with Crippen molar-refractivity contribution in [1.29, 1.82) is 0 Å². The van der Waals surface area contributed by atoms with Crippen LogP contribution in [0.3, 0.4) is 0 Å². The van der Waals surface area contributed by atoms with Gasteiger partial charge in [0.05, 0.1) is 34.0 Å². The number of fused-ring (bicyclic) bond motifs is 2. The van der Waals surface area contributed by atoms with Gasteiger partial charge in [0.15, 0.2) is 0 Å². The van der Waals surface area contributed by atoms with Crippen LogP contribution >= 0.6 is 0 Å². The van der Waals surface area contributed by atoms with Crippen molar-refractivity contribution in [2.24, 2.45) is 10.8 Å². The largest absolute Gasteiger partial charge is 0.347 e. The first-order valence-corrected chi connectivity index (χ1v) is 30.0. The quantitative estimate of drug-likeness (QED) is 0.121. The minimum absolute atomic E-state index is 0.230. The molecule has 20 nitrogen and oxygen atoms in total. The molecule has 7 rings (SSSR count). The standard InChI is InChI=1S/C56H80N10O10S2/c1-35(57-9)49(67)61-47(55(3,4)5)53(71)65-30-28-63(33-45(65)51(69)59-43-26-15-20-37-18-11-13-24-41(37)43)77(73,74)39-22-17-23-40(32-39)78(75,76)64-29-31-66(54(72)48(56(6,7)8)62-50(68)36(2)58-10)46(34-64)52(70)60-44-27-16-21-38-19-12-14-25-42(38)44/h11-14,17-19,22-25,32,35-36,43-48,57-58H,15-16,20-21,26-31,33-34H2,1-10H3,(H,59,69)(H,60,70)(H,61,67)(H,62,68)/t35-,36-,43+,44+,45-,46-,47+,48+/m0/s1. The molecule has 0 unspecified atom stereocenters. The van der Waals surface area contributed by atoms with Crippen molar-refractivity contribution in [2.45, 2.75) is 152 Å². The molecule has 78 heavy (non-hydrogen) atoms. The van der Waals surface area contributed by atoms with Gasteiger partial charge in [-0.1, -0.05) is 96.1 Å². The molecule has 0 spiro atoms. The Bertz CT molecular complexity index is 2770. The summed E-state index contributed by atoms with van der Waals surface area (Å²) in [5.74, 6) is -3.17. The van der Waals surface area contributed by atoms with Crippen LogP contribution in [0.15, 0.2) is 82.6 Å². The lowest BCUT2D eigenvalue weighted by Crippen LogP contribution is -2.66. The molecule has 2 aliphatic heterocycles. The number of rotatable bonds is 16. The highest BCUT2D eigenvalue weighted by Crippen LogP contribution is 2.34. The van der Waals surface area contributed by atoms with Crippen molar-refractivity contribution in [2.75, 3.05) is 53.4 Å². The van der Waals surface area contributed by atoms with Crippen molar-refractivity contribution in [1.82, 2.24) is 50.3 Å². The lowest BCUT2D eigenvalue weighted by Gasteiger charge is -2.44. The van der Waals surface area contributed by atoms with Crippen LogP contribution in [-0.4, -0.2) is 160 Å². The summed E-state index contributed by atoms with van der Waals surface area (Å²) in [6.45, 7) is 12.1. The second-order valence-corrected chi connectivity index (χ2v) is 27.1. The minimum atomic E-state index is -4.58. The minimum Gasteiger partial charge on any atom is -0.347 e. The highest BCUT2D eigenvalue weighted by Gasteiger charge is 2.48. The number of amides is 6. The van der Waals surface area contributed by atoms with E-state index in [0.29, 0.717) is 12.8 Å². The fourth-order valence-electron chi connectivity index (χ4n) is 10.8. The number of benzene rings is 3. The van der Waals surface area contributed by atoms with Gasteiger partial charge in [-0.2, -0.15) is 8.61 Å². The van der Waals surface area contributed by atoms with Gasteiger partial charge in [-0.25, -0.2) is 16.8 Å². The van der Waals surface area contributed by atoms with E-state index in [-0.39, 0.29) is 36.0 Å². The van der Waals surface area contributed by atoms with E-state index in [4.69, 9.17) is 0 Å². The van der Waals surface area contributed by atoms with E-state index in [0.717, 1.165) is 62.6 Å². The Hall–Kier alpha value is -5.78. The van der Waals surface area contributed by atoms with Crippen LogP contribution in [0, 0.1) is 10.8 Å². The molecule has 2 saturated heterocycles. The second kappa shape index (κ2) is 24.3. The van der Waals surface area contributed by atoms with E-state index in [9.17, 15) is 45.6 Å². The molecule has 0 bridgehead atoms. The first-order chi connectivity index (χ1) is 36.7. The zero-order chi connectivity index (χ0) is 57.1. The summed E-state index contributed by atoms with van der Waals surface area (Å²) in [6, 6.07) is 13.4. The highest BCUT2D eigenvalue weighted by atomic mass is 32.2. The van der Waals surface area contributed by atoms with Gasteiger partial charge in [0.1, 0.15) is 24.2 Å². The van der Waals surface area contributed by atoms with Crippen molar-refractivity contribution < 1.29 is 45.6 Å². The molecule has 8 atom stereocenters. The molecular weight excluding hydrogens is 1040 g/mol. The van der Waals surface area contributed by atoms with E-state index in [1.54, 1.807) is 69.5 Å². The van der Waals surface area contributed by atoms with E-state index in [2.05, 4.69) is 31.9 Å². The lowest BCUT2D eigenvalue weighted by atomic mass is 9.85. The summed E-state index contributed by atoms with van der Waals surface area (Å²) in [5.41, 5.74) is 2.36. The van der Waals surface area contributed by atoms with Gasteiger partial charge in [-0.15, -0.1) is 0 Å². The zero-order valence-electron chi connectivity index (χ0n) is 46.7. The third-order valence-corrected chi connectivity index (χ3v) is 19.5. The summed E-state index contributed by atoms with van der Waals surface area (Å²) < 4.78 is 61.7. The number of carbonyl (C=O) groups excluding carboxylic acids is 6. The average Bonchev–Trinajstić information content (AvgIpc) is 3.48. The number of aryl methyl sites for hydroxylation is 2. The Kier molecular flexibility index (Phi) is 18.7. The number of sulfonamides is 2. The van der Waals surface area contributed by atoms with Crippen LogP contribution in [0.2, 0.25) is 0 Å². The zero-order valence-corrected chi connectivity index (χ0v) is 48.4. The number of carbonyl (C=O) groups is 6. The summed E-state index contributed by atoms with van der Waals surface area (Å²) in [6.07, 6.45) is 4.48. The number of piperazine rings is 2. The first kappa shape index (κ1) is 59.9. The monoisotopic (exact) mass is 1120 g/mol. The maximum Gasteiger partial charge on any atom is 0.246 e. The lowest BCUT2D eigenvalue weighted by molar-refractivity contribution is -0.148. The summed E-state index contributed by atoms with van der Waals surface area (Å²) in [4.78, 5) is 87.4. The fraction of sp³-hybridized carbons (Fsp3) is 0.571. The molecule has 6 N–H and O–H groups in total. The maximum absolute atomic E-state index is 14.9. The maximum atomic E-state index is 14.9. The molecule has 0 saturated carbocycles. The predicted octanol–water partition coefficient (Wildman–Crippen LogP) is 2.75. The van der Waals surface area contributed by atoms with Crippen molar-refractivity contribution in [3.63, 3.8) is 0 Å². The van der Waals surface area contributed by atoms with E-state index >= 15 is 0 Å². The molecule has 2 aliphatic carbocycles. The van der Waals surface area contributed by atoms with Crippen molar-refractivity contribution >= 4 is 55.5 Å². The fourth-order valence-corrected chi connectivity index (χ4v) is 13.8. The number of nitrogens with zero attached hydrogens (tertiary/aromatic N) is 4. The molecule has 22 heteroatoms. The third-order valence-electron chi connectivity index (χ3n) is 15.8. The van der Waals surface area contributed by atoms with Crippen molar-refractivity contribution in [3.8, 4) is 0 Å². The van der Waals surface area contributed by atoms with Crippen molar-refractivity contribution in [3.05, 3.63) is 95.1 Å². The highest BCUT2D eigenvalue weighted by molar-refractivity contribution is 7.90. The smallest absolute Gasteiger partial charge is 0.246 e. The molecule has 3 aromatic rings. The Balaban J connectivity index is 1.18. The summed E-state index contributed by atoms with van der Waals surface area (Å²) >= 11 is 0. The summed E-state index contributed by atoms with van der Waals surface area (Å²) in [5, 5.41) is 17.7. The van der Waals surface area contributed by atoms with Crippen LogP contribution in [0.5, 0.6) is 0 Å². The van der Waals surface area contributed by atoms with E-state index < -0.39 is 128 Å². The van der Waals surface area contributed by atoms with Crippen LogP contribution in [-0.2, 0) is 61.7 Å². The van der Waals surface area contributed by atoms with Gasteiger partial charge >= 0.3 is 0 Å². The normalized spacial score (nSPS) is 22.1. The van der Waals surface area contributed by atoms with Crippen LogP contribution in [0.25, 0.3) is 0 Å². The Labute approximate surface area is 460 Å². The molecule has 3 aromatic carbocycles. The van der Waals surface area contributed by atoms with Gasteiger partial charge < -0.3 is 41.7 Å². The molecule has 426 valence electrons. The predicted molar refractivity (Wildman–Crippen MR) is 295 cm³/mol. The Morgan fingerprint density at radius 1 is 0.538 bits per heavy atom. The van der Waals surface area contributed by atoms with E-state index in [1.165, 1.54) is 28.0 Å². The molecule has 2 heterocycles. The molecule has 2 fully saturated rings. The molecule has 0 radical (unpaired) electrons. The molecule has 4 aliphatic rings. The van der Waals surface area contributed by atoms with Gasteiger partial charge in [0.25, 0.3) is 0 Å². The van der Waals surface area contributed by atoms with E-state index in [1.807, 2.05) is 48.5 Å². The SMILES string of the molecule is CN[C@@H](C)C(=O)N[C@H](C(=O)N1CCN(S(=O)(=O)c2cccc(S(=O)(=O)N3CCN(C(=O)[C@@H](NC(=O)[C@H](C)NC)C(C)(C)C)[C@H](C(=O)N[C@@H]4CCCc5ccccc54)C3)c2)C[C@H]1C(=O)N[C@@H]1CCCc2ccccc21)C(C)(C)C. The number of hydrogen-bond acceptors (Lipinski definition) is 12.